The number of nitrogens with zero attached hydrogens (tertiary/aromatic N) is 5. The molecule has 3 atom stereocenters. The van der Waals surface area contributed by atoms with Gasteiger partial charge in [0.1, 0.15) is 6.04 Å². The summed E-state index contributed by atoms with van der Waals surface area (Å²) in [5.74, 6) is 0. The van der Waals surface area contributed by atoms with E-state index in [9.17, 15) is 10.1 Å². The van der Waals surface area contributed by atoms with Crippen molar-refractivity contribution in [1.82, 2.24) is 14.5 Å². The normalized spacial score (nSPS) is 23.1. The first-order chi connectivity index (χ1) is 14.1. The molecule has 0 N–H and O–H groups in total. The number of pyridine rings is 1. The number of hydrogen-bond acceptors (Lipinski definition) is 6. The van der Waals surface area contributed by atoms with Gasteiger partial charge in [0.05, 0.1) is 16.7 Å². The lowest BCUT2D eigenvalue weighted by atomic mass is 10.0. The number of thioether (sulfide) groups is 1. The molecule has 0 unspecified atom stereocenters. The topological polar surface area (TPSA) is 76.6 Å². The molecule has 1 saturated heterocycles. The van der Waals surface area contributed by atoms with E-state index >= 15 is 0 Å². The number of aromatic nitrogens is 2. The summed E-state index contributed by atoms with van der Waals surface area (Å²) < 4.78 is 2.09. The van der Waals surface area contributed by atoms with Crippen molar-refractivity contribution in [3.05, 3.63) is 88.5 Å². The number of amidine groups is 1. The van der Waals surface area contributed by atoms with Gasteiger partial charge in [-0.2, -0.15) is 0 Å². The third kappa shape index (κ3) is 3.09. The minimum absolute atomic E-state index is 0.0301. The molecule has 29 heavy (non-hydrogen) atoms. The molecule has 4 heterocycles. The number of nitro benzene ring substituents is 1. The van der Waals surface area contributed by atoms with Crippen molar-refractivity contribution in [2.24, 2.45) is 4.99 Å². The minimum Gasteiger partial charge on any atom is -0.339 e. The SMILES string of the molecule is C[C@@H]1CN2C(=N[C@H](c3ccccn3)[C@H]2c2cccn2-c2ccc([N+](=O)[O-])cc2)S1. The average Bonchev–Trinajstić information content (AvgIpc) is 3.42. The Kier molecular flexibility index (Phi) is 4.35. The Morgan fingerprint density at radius 1 is 1.14 bits per heavy atom. The van der Waals surface area contributed by atoms with Gasteiger partial charge in [-0.15, -0.1) is 0 Å². The highest BCUT2D eigenvalue weighted by atomic mass is 32.2. The van der Waals surface area contributed by atoms with Gasteiger partial charge < -0.3 is 9.47 Å². The van der Waals surface area contributed by atoms with Crippen LogP contribution < -0.4 is 0 Å². The van der Waals surface area contributed by atoms with E-state index < -0.39 is 0 Å². The van der Waals surface area contributed by atoms with E-state index in [1.165, 1.54) is 0 Å². The van der Waals surface area contributed by atoms with Crippen LogP contribution in [0.5, 0.6) is 0 Å². The Bertz CT molecular complexity index is 1080. The zero-order chi connectivity index (χ0) is 20.0. The lowest BCUT2D eigenvalue weighted by Crippen LogP contribution is -2.30. The Labute approximate surface area is 172 Å². The molecule has 0 spiro atoms. The summed E-state index contributed by atoms with van der Waals surface area (Å²) in [6.45, 7) is 3.15. The smallest absolute Gasteiger partial charge is 0.269 e. The van der Waals surface area contributed by atoms with Crippen molar-refractivity contribution in [3.63, 3.8) is 0 Å². The molecule has 5 rings (SSSR count). The monoisotopic (exact) mass is 405 g/mol. The van der Waals surface area contributed by atoms with Crippen LogP contribution in [-0.2, 0) is 0 Å². The molecule has 2 aliphatic rings. The van der Waals surface area contributed by atoms with Crippen LogP contribution in [0.15, 0.2) is 72.0 Å². The number of non-ortho nitro benzene ring substituents is 1. The van der Waals surface area contributed by atoms with E-state index in [2.05, 4.69) is 27.4 Å². The molecule has 0 saturated carbocycles. The summed E-state index contributed by atoms with van der Waals surface area (Å²) in [6.07, 6.45) is 3.80. The average molecular weight is 405 g/mol. The van der Waals surface area contributed by atoms with Gasteiger partial charge in [0.2, 0.25) is 0 Å². The maximum atomic E-state index is 11.0. The molecule has 2 aliphatic heterocycles. The Hall–Kier alpha value is -3.13. The standard InChI is InChI=1S/C21H19N5O2S/c1-14-13-25-20(19(23-21(25)29-14)17-5-2-3-11-22-17)18-6-4-12-24(18)15-7-9-16(10-8-15)26(27)28/h2-12,14,19-20H,13H2,1H3/t14-,19-,20-/m1/s1. The summed E-state index contributed by atoms with van der Waals surface area (Å²) in [7, 11) is 0. The first kappa shape index (κ1) is 17.9. The molecular weight excluding hydrogens is 386 g/mol. The largest absolute Gasteiger partial charge is 0.339 e. The second kappa shape index (κ2) is 7.04. The van der Waals surface area contributed by atoms with Crippen LogP contribution in [0.4, 0.5) is 5.69 Å². The maximum absolute atomic E-state index is 11.0. The lowest BCUT2D eigenvalue weighted by Gasteiger charge is -2.28. The number of nitro groups is 1. The van der Waals surface area contributed by atoms with E-state index in [0.29, 0.717) is 5.25 Å². The molecular formula is C21H19N5O2S. The molecule has 0 aliphatic carbocycles. The number of hydrogen-bond donors (Lipinski definition) is 0. The van der Waals surface area contributed by atoms with E-state index in [1.807, 2.05) is 30.5 Å². The van der Waals surface area contributed by atoms with Crippen LogP contribution in [0.3, 0.4) is 0 Å². The number of benzene rings is 1. The van der Waals surface area contributed by atoms with Gasteiger partial charge in [0, 0.05) is 47.7 Å². The van der Waals surface area contributed by atoms with Crippen molar-refractivity contribution in [2.45, 2.75) is 24.3 Å². The van der Waals surface area contributed by atoms with Crippen molar-refractivity contribution in [2.75, 3.05) is 6.54 Å². The van der Waals surface area contributed by atoms with Gasteiger partial charge in [0.25, 0.3) is 5.69 Å². The van der Waals surface area contributed by atoms with Crippen molar-refractivity contribution in [3.8, 4) is 5.69 Å². The molecule has 1 aromatic carbocycles. The fourth-order valence-electron chi connectivity index (χ4n) is 4.04. The number of fused-ring (bicyclic) bond motifs is 1. The third-order valence-electron chi connectivity index (χ3n) is 5.30. The predicted octanol–water partition coefficient (Wildman–Crippen LogP) is 4.37. The van der Waals surface area contributed by atoms with Gasteiger partial charge in [-0.25, -0.2) is 0 Å². The van der Waals surface area contributed by atoms with E-state index in [0.717, 1.165) is 28.8 Å². The highest BCUT2D eigenvalue weighted by molar-refractivity contribution is 8.14. The lowest BCUT2D eigenvalue weighted by molar-refractivity contribution is -0.384. The summed E-state index contributed by atoms with van der Waals surface area (Å²) in [5.41, 5.74) is 3.03. The van der Waals surface area contributed by atoms with Crippen molar-refractivity contribution in [1.29, 1.82) is 0 Å². The molecule has 0 amide bonds. The number of aliphatic imine (C=N–C) groups is 1. The third-order valence-corrected chi connectivity index (χ3v) is 6.41. The fourth-order valence-corrected chi connectivity index (χ4v) is 5.14. The quantitative estimate of drug-likeness (QED) is 0.476. The Balaban J connectivity index is 1.57. The summed E-state index contributed by atoms with van der Waals surface area (Å²) in [4.78, 5) is 22.6. The van der Waals surface area contributed by atoms with Crippen LogP contribution >= 0.6 is 11.8 Å². The Morgan fingerprint density at radius 2 is 1.97 bits per heavy atom. The van der Waals surface area contributed by atoms with Gasteiger partial charge in [-0.1, -0.05) is 24.8 Å². The fraction of sp³-hybridized carbons (Fsp3) is 0.238. The number of rotatable bonds is 4. The summed E-state index contributed by atoms with van der Waals surface area (Å²) in [6, 6.07) is 16.7. The Morgan fingerprint density at radius 3 is 2.69 bits per heavy atom. The summed E-state index contributed by atoms with van der Waals surface area (Å²) >= 11 is 1.81. The van der Waals surface area contributed by atoms with E-state index in [1.54, 1.807) is 42.2 Å². The van der Waals surface area contributed by atoms with Crippen LogP contribution in [0.25, 0.3) is 5.69 Å². The molecule has 0 radical (unpaired) electrons. The van der Waals surface area contributed by atoms with E-state index in [-0.39, 0.29) is 22.7 Å². The second-order valence-corrected chi connectivity index (χ2v) is 8.62. The predicted molar refractivity (Wildman–Crippen MR) is 113 cm³/mol. The highest BCUT2D eigenvalue weighted by Crippen LogP contribution is 2.47. The molecule has 0 bridgehead atoms. The zero-order valence-corrected chi connectivity index (χ0v) is 16.6. The minimum atomic E-state index is -0.378. The highest BCUT2D eigenvalue weighted by Gasteiger charge is 2.44. The first-order valence-electron chi connectivity index (χ1n) is 9.46. The van der Waals surface area contributed by atoms with E-state index in [4.69, 9.17) is 4.99 Å². The van der Waals surface area contributed by atoms with Gasteiger partial charge in [-0.3, -0.25) is 20.1 Å². The summed E-state index contributed by atoms with van der Waals surface area (Å²) in [5, 5.41) is 12.6. The van der Waals surface area contributed by atoms with Crippen molar-refractivity contribution >= 4 is 22.6 Å². The maximum Gasteiger partial charge on any atom is 0.269 e. The first-order valence-corrected chi connectivity index (χ1v) is 10.3. The van der Waals surface area contributed by atoms with Crippen LogP contribution in [0.2, 0.25) is 0 Å². The van der Waals surface area contributed by atoms with Gasteiger partial charge in [-0.05, 0) is 36.4 Å². The molecule has 146 valence electrons. The van der Waals surface area contributed by atoms with Crippen LogP contribution in [-0.4, -0.2) is 36.3 Å². The molecule has 8 heteroatoms. The molecule has 7 nitrogen and oxygen atoms in total. The van der Waals surface area contributed by atoms with Crippen LogP contribution in [0, 0.1) is 10.1 Å². The van der Waals surface area contributed by atoms with Gasteiger partial charge >= 0.3 is 0 Å². The molecule has 2 aromatic heterocycles. The van der Waals surface area contributed by atoms with Crippen molar-refractivity contribution < 1.29 is 4.92 Å². The zero-order valence-electron chi connectivity index (χ0n) is 15.8. The van der Waals surface area contributed by atoms with Gasteiger partial charge in [0.15, 0.2) is 5.17 Å². The van der Waals surface area contributed by atoms with Crippen LogP contribution in [0.1, 0.15) is 30.4 Å². The molecule has 3 aromatic rings. The second-order valence-electron chi connectivity index (χ2n) is 7.21. The molecule has 1 fully saturated rings.